The molecule has 1 aromatic carbocycles. The van der Waals surface area contributed by atoms with Gasteiger partial charge in [-0.25, -0.2) is 9.97 Å². The number of likely N-dealkylation sites (tertiary alicyclic amines) is 1. The molecule has 0 bridgehead atoms. The molecule has 0 aliphatic carbocycles. The lowest BCUT2D eigenvalue weighted by Crippen LogP contribution is -2.29. The Hall–Kier alpha value is -2.63. The largest absolute Gasteiger partial charge is 0.486 e. The van der Waals surface area contributed by atoms with Crippen LogP contribution in [0.1, 0.15) is 34.2 Å². The Bertz CT molecular complexity index is 778. The van der Waals surface area contributed by atoms with Gasteiger partial charge in [0.15, 0.2) is 11.5 Å². The maximum atomic E-state index is 12.8. The van der Waals surface area contributed by atoms with Gasteiger partial charge in [0.05, 0.1) is 0 Å². The molecule has 124 valence electrons. The smallest absolute Gasteiger partial charge is 0.254 e. The predicted molar refractivity (Wildman–Crippen MR) is 87.5 cm³/mol. The van der Waals surface area contributed by atoms with Gasteiger partial charge in [-0.15, -0.1) is 0 Å². The van der Waals surface area contributed by atoms with E-state index in [9.17, 15) is 4.79 Å². The van der Waals surface area contributed by atoms with E-state index in [4.69, 9.17) is 9.47 Å². The maximum absolute atomic E-state index is 12.8. The van der Waals surface area contributed by atoms with Crippen LogP contribution in [0.4, 0.5) is 0 Å². The number of fused-ring (bicyclic) bond motifs is 1. The molecule has 2 aliphatic rings. The lowest BCUT2D eigenvalue weighted by Gasteiger charge is -2.20. The van der Waals surface area contributed by atoms with Crippen molar-refractivity contribution in [2.75, 3.05) is 26.3 Å². The van der Waals surface area contributed by atoms with E-state index in [1.807, 2.05) is 17.9 Å². The normalized spacial score (nSPS) is 19.4. The number of aromatic nitrogens is 2. The van der Waals surface area contributed by atoms with E-state index in [-0.39, 0.29) is 11.8 Å². The molecule has 4 rings (SSSR count). The second-order valence-corrected chi connectivity index (χ2v) is 6.15. The second kappa shape index (κ2) is 6.11. The zero-order valence-electron chi connectivity index (χ0n) is 13.6. The van der Waals surface area contributed by atoms with Gasteiger partial charge in [0.2, 0.25) is 0 Å². The van der Waals surface area contributed by atoms with Gasteiger partial charge in [0.25, 0.3) is 5.91 Å². The number of hydrogen-bond donors (Lipinski definition) is 0. The van der Waals surface area contributed by atoms with Crippen molar-refractivity contribution in [2.24, 2.45) is 0 Å². The summed E-state index contributed by atoms with van der Waals surface area (Å²) in [5, 5.41) is 0. The summed E-state index contributed by atoms with van der Waals surface area (Å²) < 4.78 is 11.1. The monoisotopic (exact) mass is 325 g/mol. The molecule has 2 aromatic rings. The zero-order valence-corrected chi connectivity index (χ0v) is 13.6. The molecule has 0 radical (unpaired) electrons. The number of carbonyl (C=O) groups excluding carboxylic acids is 1. The summed E-state index contributed by atoms with van der Waals surface area (Å²) >= 11 is 0. The Labute approximate surface area is 140 Å². The van der Waals surface area contributed by atoms with Crippen LogP contribution in [-0.4, -0.2) is 47.1 Å². The first kappa shape index (κ1) is 14.9. The fourth-order valence-electron chi connectivity index (χ4n) is 3.18. The second-order valence-electron chi connectivity index (χ2n) is 6.15. The van der Waals surface area contributed by atoms with Gasteiger partial charge in [-0.05, 0) is 37.6 Å². The highest BCUT2D eigenvalue weighted by Gasteiger charge is 2.30. The Morgan fingerprint density at radius 1 is 1.21 bits per heavy atom. The van der Waals surface area contributed by atoms with E-state index < -0.39 is 0 Å². The van der Waals surface area contributed by atoms with Crippen molar-refractivity contribution in [3.63, 3.8) is 0 Å². The van der Waals surface area contributed by atoms with Gasteiger partial charge in [-0.2, -0.15) is 0 Å². The van der Waals surface area contributed by atoms with Crippen molar-refractivity contribution in [3.8, 4) is 11.5 Å². The quantitative estimate of drug-likeness (QED) is 0.847. The third-order valence-electron chi connectivity index (χ3n) is 4.44. The molecule has 1 fully saturated rings. The van der Waals surface area contributed by atoms with E-state index in [2.05, 4.69) is 9.97 Å². The summed E-state index contributed by atoms with van der Waals surface area (Å²) in [6.45, 7) is 4.38. The number of hydrogen-bond acceptors (Lipinski definition) is 5. The third kappa shape index (κ3) is 2.79. The van der Waals surface area contributed by atoms with Crippen LogP contribution >= 0.6 is 0 Å². The topological polar surface area (TPSA) is 64.6 Å². The first-order valence-electron chi connectivity index (χ1n) is 8.19. The van der Waals surface area contributed by atoms with Gasteiger partial charge >= 0.3 is 0 Å². The summed E-state index contributed by atoms with van der Waals surface area (Å²) in [5.74, 6) is 2.38. The number of aryl methyl sites for hydroxylation is 1. The van der Waals surface area contributed by atoms with E-state index >= 15 is 0 Å². The van der Waals surface area contributed by atoms with Crippen LogP contribution in [0, 0.1) is 6.92 Å². The van der Waals surface area contributed by atoms with Gasteiger partial charge in [0, 0.05) is 36.5 Å². The van der Waals surface area contributed by atoms with Crippen molar-refractivity contribution in [2.45, 2.75) is 19.3 Å². The van der Waals surface area contributed by atoms with Crippen molar-refractivity contribution in [1.82, 2.24) is 14.9 Å². The number of carbonyl (C=O) groups is 1. The number of benzene rings is 1. The molecular formula is C18H19N3O3. The molecule has 3 heterocycles. The molecule has 24 heavy (non-hydrogen) atoms. The van der Waals surface area contributed by atoms with Gasteiger partial charge in [-0.1, -0.05) is 0 Å². The summed E-state index contributed by atoms with van der Waals surface area (Å²) in [6, 6.07) is 7.26. The summed E-state index contributed by atoms with van der Waals surface area (Å²) in [7, 11) is 0. The number of nitrogens with zero attached hydrogens (tertiary/aromatic N) is 3. The number of ether oxygens (including phenoxy) is 2. The molecule has 0 spiro atoms. The first-order valence-corrected chi connectivity index (χ1v) is 8.19. The van der Waals surface area contributed by atoms with Crippen LogP contribution in [0.15, 0.2) is 30.5 Å². The average molecular weight is 325 g/mol. The summed E-state index contributed by atoms with van der Waals surface area (Å²) in [5.41, 5.74) is 1.58. The van der Waals surface area contributed by atoms with Gasteiger partial charge < -0.3 is 14.4 Å². The zero-order chi connectivity index (χ0) is 16.5. The highest BCUT2D eigenvalue weighted by atomic mass is 16.6. The lowest BCUT2D eigenvalue weighted by molar-refractivity contribution is 0.0789. The molecule has 1 amide bonds. The van der Waals surface area contributed by atoms with Crippen LogP contribution in [-0.2, 0) is 0 Å². The molecule has 1 aromatic heterocycles. The molecule has 6 heteroatoms. The maximum Gasteiger partial charge on any atom is 0.254 e. The number of amides is 1. The predicted octanol–water partition coefficient (Wildman–Crippen LogP) is 2.19. The molecule has 2 aliphatic heterocycles. The van der Waals surface area contributed by atoms with Crippen LogP contribution in [0.5, 0.6) is 11.5 Å². The van der Waals surface area contributed by atoms with E-state index in [0.29, 0.717) is 36.8 Å². The van der Waals surface area contributed by atoms with E-state index in [1.54, 1.807) is 24.4 Å². The third-order valence-corrected chi connectivity index (χ3v) is 4.44. The fraction of sp³-hybridized carbons (Fsp3) is 0.389. The lowest BCUT2D eigenvalue weighted by atomic mass is 10.1. The Morgan fingerprint density at radius 2 is 2.04 bits per heavy atom. The van der Waals surface area contributed by atoms with Crippen LogP contribution in [0.3, 0.4) is 0 Å². The molecule has 1 unspecified atom stereocenters. The first-order chi connectivity index (χ1) is 11.7. The Kier molecular flexibility index (Phi) is 3.80. The molecular weight excluding hydrogens is 306 g/mol. The van der Waals surface area contributed by atoms with Crippen molar-refractivity contribution >= 4 is 5.91 Å². The minimum atomic E-state index is 0.0159. The minimum absolute atomic E-state index is 0.0159. The fourth-order valence-corrected chi connectivity index (χ4v) is 3.18. The van der Waals surface area contributed by atoms with Crippen LogP contribution < -0.4 is 9.47 Å². The van der Waals surface area contributed by atoms with Gasteiger partial charge in [-0.3, -0.25) is 4.79 Å². The average Bonchev–Trinajstić information content (AvgIpc) is 3.11. The molecule has 0 N–H and O–H groups in total. The number of rotatable bonds is 2. The molecule has 1 saturated heterocycles. The van der Waals surface area contributed by atoms with Crippen LogP contribution in [0.2, 0.25) is 0 Å². The minimum Gasteiger partial charge on any atom is -0.486 e. The summed E-state index contributed by atoms with van der Waals surface area (Å²) in [6.07, 6.45) is 2.67. The molecule has 1 atom stereocenters. The highest BCUT2D eigenvalue weighted by Crippen LogP contribution is 2.32. The van der Waals surface area contributed by atoms with E-state index in [0.717, 1.165) is 24.5 Å². The van der Waals surface area contributed by atoms with E-state index in [1.165, 1.54) is 0 Å². The van der Waals surface area contributed by atoms with Crippen molar-refractivity contribution in [3.05, 3.63) is 47.5 Å². The molecule has 6 nitrogen and oxygen atoms in total. The van der Waals surface area contributed by atoms with Crippen molar-refractivity contribution < 1.29 is 14.3 Å². The molecule has 0 saturated carbocycles. The highest BCUT2D eigenvalue weighted by molar-refractivity contribution is 5.95. The SMILES string of the molecule is Cc1ccnc(C2CCN(C(=O)c3ccc4c(c3)OCCO4)C2)n1. The standard InChI is InChI=1S/C18H19N3O3/c1-12-4-6-19-17(20-12)14-5-7-21(11-14)18(22)13-2-3-15-16(10-13)24-9-8-23-15/h2-4,6,10,14H,5,7-9,11H2,1H3. The van der Waals surface area contributed by atoms with Crippen LogP contribution in [0.25, 0.3) is 0 Å². The van der Waals surface area contributed by atoms with Gasteiger partial charge in [0.1, 0.15) is 19.0 Å². The summed E-state index contributed by atoms with van der Waals surface area (Å²) in [4.78, 5) is 23.5. The Morgan fingerprint density at radius 3 is 2.88 bits per heavy atom. The Balaban J connectivity index is 1.49. The van der Waals surface area contributed by atoms with Crippen molar-refractivity contribution in [1.29, 1.82) is 0 Å².